The maximum atomic E-state index is 12.4. The summed E-state index contributed by atoms with van der Waals surface area (Å²) < 4.78 is 12.2. The van der Waals surface area contributed by atoms with Crippen LogP contribution in [-0.4, -0.2) is 29.9 Å². The van der Waals surface area contributed by atoms with Gasteiger partial charge in [-0.15, -0.1) is 0 Å². The van der Waals surface area contributed by atoms with Gasteiger partial charge >= 0.3 is 5.97 Å². The van der Waals surface area contributed by atoms with E-state index in [1.165, 1.54) is 26.5 Å². The van der Waals surface area contributed by atoms with E-state index in [-0.39, 0.29) is 17.0 Å². The highest BCUT2D eigenvalue weighted by Gasteiger charge is 2.19. The first kappa shape index (κ1) is 14.9. The SMILES string of the molecule is COc1cc(OC)c2c(c1)c(=O)c(C(=O)O)cn2C(C)C. The molecule has 0 fully saturated rings. The zero-order chi connectivity index (χ0) is 15.7. The molecule has 0 amide bonds. The summed E-state index contributed by atoms with van der Waals surface area (Å²) in [5.74, 6) is -0.348. The first-order valence-electron chi connectivity index (χ1n) is 6.44. The molecule has 6 heteroatoms. The van der Waals surface area contributed by atoms with E-state index in [0.29, 0.717) is 17.0 Å². The Kier molecular flexibility index (Phi) is 3.88. The largest absolute Gasteiger partial charge is 0.497 e. The van der Waals surface area contributed by atoms with Crippen LogP contribution in [0.4, 0.5) is 0 Å². The standard InChI is InChI=1S/C15H17NO5/c1-8(2)16-7-11(15(18)19)14(17)10-5-9(20-3)6-12(21-4)13(10)16/h5-8H,1-4H3,(H,18,19). The lowest BCUT2D eigenvalue weighted by atomic mass is 10.1. The number of hydrogen-bond acceptors (Lipinski definition) is 4. The van der Waals surface area contributed by atoms with Crippen molar-refractivity contribution >= 4 is 16.9 Å². The maximum Gasteiger partial charge on any atom is 0.341 e. The van der Waals surface area contributed by atoms with Crippen LogP contribution in [-0.2, 0) is 0 Å². The summed E-state index contributed by atoms with van der Waals surface area (Å²) >= 11 is 0. The highest BCUT2D eigenvalue weighted by Crippen LogP contribution is 2.31. The minimum absolute atomic E-state index is 0.0338. The summed E-state index contributed by atoms with van der Waals surface area (Å²) in [6.07, 6.45) is 1.35. The van der Waals surface area contributed by atoms with E-state index in [4.69, 9.17) is 9.47 Å². The van der Waals surface area contributed by atoms with E-state index in [1.54, 1.807) is 10.6 Å². The molecular weight excluding hydrogens is 274 g/mol. The third-order valence-electron chi connectivity index (χ3n) is 3.31. The van der Waals surface area contributed by atoms with E-state index < -0.39 is 11.4 Å². The Morgan fingerprint density at radius 3 is 2.38 bits per heavy atom. The number of pyridine rings is 1. The first-order valence-corrected chi connectivity index (χ1v) is 6.44. The van der Waals surface area contributed by atoms with Gasteiger partial charge in [0.1, 0.15) is 17.1 Å². The molecule has 0 radical (unpaired) electrons. The lowest BCUT2D eigenvalue weighted by Gasteiger charge is -2.18. The highest BCUT2D eigenvalue weighted by atomic mass is 16.5. The molecular formula is C15H17NO5. The Balaban J connectivity index is 3.03. The first-order chi connectivity index (χ1) is 9.90. The van der Waals surface area contributed by atoms with Gasteiger partial charge in [-0.3, -0.25) is 4.79 Å². The summed E-state index contributed by atoms with van der Waals surface area (Å²) in [7, 11) is 2.97. The minimum Gasteiger partial charge on any atom is -0.497 e. The Hall–Kier alpha value is -2.50. The summed E-state index contributed by atoms with van der Waals surface area (Å²) in [5.41, 5.74) is -0.263. The van der Waals surface area contributed by atoms with E-state index in [1.807, 2.05) is 13.8 Å². The molecule has 0 atom stereocenters. The predicted octanol–water partition coefficient (Wildman–Crippen LogP) is 2.30. The number of methoxy groups -OCH3 is 2. The summed E-state index contributed by atoms with van der Waals surface area (Å²) in [6.45, 7) is 3.80. The summed E-state index contributed by atoms with van der Waals surface area (Å²) in [4.78, 5) is 23.6. The second-order valence-electron chi connectivity index (χ2n) is 4.90. The zero-order valence-corrected chi connectivity index (χ0v) is 12.3. The van der Waals surface area contributed by atoms with E-state index in [0.717, 1.165) is 0 Å². The van der Waals surface area contributed by atoms with Gasteiger partial charge in [-0.25, -0.2) is 4.79 Å². The number of carboxylic acids is 1. The van der Waals surface area contributed by atoms with Crippen molar-refractivity contribution < 1.29 is 19.4 Å². The number of nitrogens with zero attached hydrogens (tertiary/aromatic N) is 1. The molecule has 1 heterocycles. The maximum absolute atomic E-state index is 12.4. The minimum atomic E-state index is -1.25. The van der Waals surface area contributed by atoms with E-state index in [9.17, 15) is 14.7 Å². The number of carboxylic acid groups (broad SMARTS) is 1. The second-order valence-corrected chi connectivity index (χ2v) is 4.90. The van der Waals surface area contributed by atoms with Crippen LogP contribution in [0.2, 0.25) is 0 Å². The van der Waals surface area contributed by atoms with Gasteiger partial charge in [0, 0.05) is 18.3 Å². The molecule has 0 saturated heterocycles. The number of hydrogen-bond donors (Lipinski definition) is 1. The normalized spacial score (nSPS) is 10.9. The molecule has 0 saturated carbocycles. The molecule has 0 spiro atoms. The molecule has 0 unspecified atom stereocenters. The van der Waals surface area contributed by atoms with E-state index in [2.05, 4.69) is 0 Å². The number of carbonyl (C=O) groups is 1. The Morgan fingerprint density at radius 1 is 1.24 bits per heavy atom. The molecule has 0 aliphatic heterocycles. The zero-order valence-electron chi connectivity index (χ0n) is 12.3. The summed E-state index contributed by atoms with van der Waals surface area (Å²) in [5, 5.41) is 9.47. The van der Waals surface area contributed by atoms with Crippen LogP contribution in [0.3, 0.4) is 0 Å². The molecule has 2 rings (SSSR count). The van der Waals surface area contributed by atoms with Gasteiger partial charge in [0.2, 0.25) is 5.43 Å². The molecule has 1 aromatic heterocycles. The van der Waals surface area contributed by atoms with Crippen LogP contribution >= 0.6 is 0 Å². The smallest absolute Gasteiger partial charge is 0.341 e. The number of benzene rings is 1. The van der Waals surface area contributed by atoms with Crippen molar-refractivity contribution in [2.45, 2.75) is 19.9 Å². The number of fused-ring (bicyclic) bond motifs is 1. The second kappa shape index (κ2) is 5.47. The average molecular weight is 291 g/mol. The third-order valence-corrected chi connectivity index (χ3v) is 3.31. The van der Waals surface area contributed by atoms with E-state index >= 15 is 0 Å². The van der Waals surface area contributed by atoms with Gasteiger partial charge in [0.15, 0.2) is 0 Å². The monoisotopic (exact) mass is 291 g/mol. The lowest BCUT2D eigenvalue weighted by Crippen LogP contribution is -2.20. The molecule has 0 aliphatic rings. The third kappa shape index (κ3) is 2.44. The molecule has 112 valence electrons. The van der Waals surface area contributed by atoms with Crippen LogP contribution in [0, 0.1) is 0 Å². The van der Waals surface area contributed by atoms with Crippen LogP contribution < -0.4 is 14.9 Å². The molecule has 21 heavy (non-hydrogen) atoms. The molecule has 6 nitrogen and oxygen atoms in total. The number of rotatable bonds is 4. The van der Waals surface area contributed by atoms with Crippen LogP contribution in [0.5, 0.6) is 11.5 Å². The fourth-order valence-electron chi connectivity index (χ4n) is 2.26. The van der Waals surface area contributed by atoms with Crippen molar-refractivity contribution in [2.24, 2.45) is 0 Å². The number of aromatic carboxylic acids is 1. The van der Waals surface area contributed by atoms with Crippen LogP contribution in [0.15, 0.2) is 23.1 Å². The molecule has 1 aromatic carbocycles. The number of aromatic nitrogens is 1. The van der Waals surface area contributed by atoms with Crippen molar-refractivity contribution in [3.63, 3.8) is 0 Å². The molecule has 0 aliphatic carbocycles. The van der Waals surface area contributed by atoms with Crippen molar-refractivity contribution in [2.75, 3.05) is 14.2 Å². The quantitative estimate of drug-likeness (QED) is 0.935. The lowest BCUT2D eigenvalue weighted by molar-refractivity contribution is 0.0694. The highest BCUT2D eigenvalue weighted by molar-refractivity contribution is 5.95. The molecule has 2 aromatic rings. The Morgan fingerprint density at radius 2 is 1.90 bits per heavy atom. The van der Waals surface area contributed by atoms with Crippen LogP contribution in [0.25, 0.3) is 10.9 Å². The van der Waals surface area contributed by atoms with Gasteiger partial charge in [-0.2, -0.15) is 0 Å². The van der Waals surface area contributed by atoms with Gasteiger partial charge in [0.25, 0.3) is 0 Å². The molecule has 1 N–H and O–H groups in total. The average Bonchev–Trinajstić information content (AvgIpc) is 2.45. The fraction of sp³-hybridized carbons (Fsp3) is 0.333. The Labute approximate surface area is 121 Å². The fourth-order valence-corrected chi connectivity index (χ4v) is 2.26. The van der Waals surface area contributed by atoms with Crippen molar-refractivity contribution in [3.05, 3.63) is 34.1 Å². The van der Waals surface area contributed by atoms with Crippen LogP contribution in [0.1, 0.15) is 30.2 Å². The Bertz CT molecular complexity index is 761. The van der Waals surface area contributed by atoms with Gasteiger partial charge < -0.3 is 19.1 Å². The topological polar surface area (TPSA) is 77.8 Å². The van der Waals surface area contributed by atoms with Crippen molar-refractivity contribution in [1.82, 2.24) is 4.57 Å². The van der Waals surface area contributed by atoms with Gasteiger partial charge in [0.05, 0.1) is 25.1 Å². The summed E-state index contributed by atoms with van der Waals surface area (Å²) in [6, 6.07) is 3.17. The predicted molar refractivity (Wildman–Crippen MR) is 78.7 cm³/mol. The van der Waals surface area contributed by atoms with Crippen molar-refractivity contribution in [3.8, 4) is 11.5 Å². The van der Waals surface area contributed by atoms with Crippen molar-refractivity contribution in [1.29, 1.82) is 0 Å². The van der Waals surface area contributed by atoms with Gasteiger partial charge in [-0.1, -0.05) is 0 Å². The number of ether oxygens (including phenoxy) is 2. The molecule has 0 bridgehead atoms. The van der Waals surface area contributed by atoms with Gasteiger partial charge in [-0.05, 0) is 19.9 Å².